The van der Waals surface area contributed by atoms with Crippen LogP contribution in [0.4, 0.5) is 5.69 Å². The van der Waals surface area contributed by atoms with Crippen molar-refractivity contribution in [3.05, 3.63) is 71.8 Å². The average Bonchev–Trinajstić information content (AvgIpc) is 3.23. The first kappa shape index (κ1) is 19.1. The van der Waals surface area contributed by atoms with Crippen LogP contribution in [0, 0.1) is 0 Å². The highest BCUT2D eigenvalue weighted by molar-refractivity contribution is 5.95. The zero-order chi connectivity index (χ0) is 20.3. The van der Waals surface area contributed by atoms with Crippen molar-refractivity contribution in [1.82, 2.24) is 9.80 Å². The molecule has 1 saturated heterocycles. The molecular weight excluding hydrogens is 374 g/mol. The first-order valence-corrected chi connectivity index (χ1v) is 10.7. The fourth-order valence-electron chi connectivity index (χ4n) is 4.37. The van der Waals surface area contributed by atoms with E-state index in [2.05, 4.69) is 51.5 Å². The van der Waals surface area contributed by atoms with Crippen LogP contribution < -0.4 is 10.1 Å². The van der Waals surface area contributed by atoms with Gasteiger partial charge < -0.3 is 10.1 Å². The minimum Gasteiger partial charge on any atom is -0.493 e. The summed E-state index contributed by atoms with van der Waals surface area (Å²) < 4.78 is 5.60. The second-order valence-corrected chi connectivity index (χ2v) is 8.20. The van der Waals surface area contributed by atoms with E-state index in [-0.39, 0.29) is 5.91 Å². The fourth-order valence-corrected chi connectivity index (χ4v) is 4.37. The molecule has 0 bridgehead atoms. The quantitative estimate of drug-likeness (QED) is 0.710. The van der Waals surface area contributed by atoms with Crippen LogP contribution in [0.15, 0.2) is 60.7 Å². The zero-order valence-electron chi connectivity index (χ0n) is 17.1. The van der Waals surface area contributed by atoms with Gasteiger partial charge in [0.25, 0.3) is 0 Å². The van der Waals surface area contributed by atoms with Gasteiger partial charge in [0.05, 0.1) is 13.2 Å². The minimum absolute atomic E-state index is 0.0531. The number of nitrogens with one attached hydrogen (secondary N) is 1. The summed E-state index contributed by atoms with van der Waals surface area (Å²) in [4.78, 5) is 17.2. The molecule has 0 unspecified atom stereocenters. The van der Waals surface area contributed by atoms with Crippen LogP contribution in [0.1, 0.15) is 11.1 Å². The number of rotatable bonds is 5. The molecule has 5 heteroatoms. The molecule has 2 aliphatic heterocycles. The van der Waals surface area contributed by atoms with Crippen LogP contribution >= 0.6 is 0 Å². The maximum absolute atomic E-state index is 12.5. The summed E-state index contributed by atoms with van der Waals surface area (Å²) in [6.07, 6.45) is 1.02. The van der Waals surface area contributed by atoms with Crippen LogP contribution in [-0.4, -0.2) is 55.0 Å². The van der Waals surface area contributed by atoms with Crippen molar-refractivity contribution in [3.63, 3.8) is 0 Å². The van der Waals surface area contributed by atoms with Gasteiger partial charge in [-0.3, -0.25) is 14.6 Å². The number of amides is 1. The topological polar surface area (TPSA) is 44.8 Å². The third-order valence-electron chi connectivity index (χ3n) is 6.03. The Balaban J connectivity index is 1.11. The summed E-state index contributed by atoms with van der Waals surface area (Å²) in [5.74, 6) is 1.10. The van der Waals surface area contributed by atoms with E-state index < -0.39 is 0 Å². The van der Waals surface area contributed by atoms with E-state index in [1.807, 2.05) is 24.3 Å². The first-order chi connectivity index (χ1) is 14.7. The fraction of sp³-hybridized carbons (Fsp3) is 0.320. The molecule has 1 amide bonds. The van der Waals surface area contributed by atoms with Crippen molar-refractivity contribution in [2.75, 3.05) is 44.6 Å². The summed E-state index contributed by atoms with van der Waals surface area (Å²) in [7, 11) is 0. The number of hydrogen-bond acceptors (Lipinski definition) is 4. The molecule has 5 rings (SSSR count). The van der Waals surface area contributed by atoms with Crippen LogP contribution in [0.3, 0.4) is 0 Å². The van der Waals surface area contributed by atoms with E-state index in [9.17, 15) is 4.79 Å². The van der Waals surface area contributed by atoms with Crippen LogP contribution in [0.5, 0.6) is 5.75 Å². The third-order valence-corrected chi connectivity index (χ3v) is 6.03. The number of fused-ring (bicyclic) bond motifs is 2. The molecule has 0 aliphatic carbocycles. The summed E-state index contributed by atoms with van der Waals surface area (Å²) in [5, 5.41) is 5.37. The smallest absolute Gasteiger partial charge is 0.238 e. The van der Waals surface area contributed by atoms with Crippen molar-refractivity contribution in [3.8, 4) is 5.75 Å². The molecule has 0 saturated carbocycles. The lowest BCUT2D eigenvalue weighted by Crippen LogP contribution is -2.48. The molecular formula is C25H27N3O2. The average molecular weight is 402 g/mol. The largest absolute Gasteiger partial charge is 0.493 e. The highest BCUT2D eigenvalue weighted by Crippen LogP contribution is 2.26. The van der Waals surface area contributed by atoms with E-state index in [0.29, 0.717) is 6.54 Å². The van der Waals surface area contributed by atoms with E-state index in [1.165, 1.54) is 16.5 Å². The van der Waals surface area contributed by atoms with Crippen molar-refractivity contribution in [1.29, 1.82) is 0 Å². The Labute approximate surface area is 177 Å². The van der Waals surface area contributed by atoms with Crippen LogP contribution in [-0.2, 0) is 17.8 Å². The number of nitrogens with zero attached hydrogens (tertiary/aromatic N) is 2. The number of benzene rings is 3. The molecule has 3 aromatic carbocycles. The van der Waals surface area contributed by atoms with Gasteiger partial charge in [0.15, 0.2) is 0 Å². The van der Waals surface area contributed by atoms with Crippen molar-refractivity contribution in [2.24, 2.45) is 0 Å². The Morgan fingerprint density at radius 1 is 0.900 bits per heavy atom. The van der Waals surface area contributed by atoms with Gasteiger partial charge >= 0.3 is 0 Å². The third kappa shape index (κ3) is 4.32. The van der Waals surface area contributed by atoms with Gasteiger partial charge in [-0.05, 0) is 40.1 Å². The first-order valence-electron chi connectivity index (χ1n) is 10.7. The van der Waals surface area contributed by atoms with Gasteiger partial charge in [0.1, 0.15) is 5.75 Å². The number of carbonyl (C=O) groups excluding carboxylic acids is 1. The molecule has 5 nitrogen and oxygen atoms in total. The lowest BCUT2D eigenvalue weighted by Gasteiger charge is -2.34. The molecule has 0 radical (unpaired) electrons. The predicted octanol–water partition coefficient (Wildman–Crippen LogP) is 3.53. The highest BCUT2D eigenvalue weighted by Gasteiger charge is 2.20. The van der Waals surface area contributed by atoms with Gasteiger partial charge in [0.2, 0.25) is 5.91 Å². The summed E-state index contributed by atoms with van der Waals surface area (Å²) in [5.41, 5.74) is 3.54. The van der Waals surface area contributed by atoms with Crippen molar-refractivity contribution < 1.29 is 9.53 Å². The van der Waals surface area contributed by atoms with Gasteiger partial charge in [-0.15, -0.1) is 0 Å². The summed E-state index contributed by atoms with van der Waals surface area (Å²) >= 11 is 0. The molecule has 30 heavy (non-hydrogen) atoms. The Hall–Kier alpha value is -2.89. The molecule has 0 atom stereocenters. The molecule has 1 N–H and O–H groups in total. The second kappa shape index (κ2) is 8.46. The maximum Gasteiger partial charge on any atom is 0.238 e. The second-order valence-electron chi connectivity index (χ2n) is 8.20. The highest BCUT2D eigenvalue weighted by atomic mass is 16.5. The molecule has 154 valence electrons. The van der Waals surface area contributed by atoms with Crippen molar-refractivity contribution in [2.45, 2.75) is 13.0 Å². The Morgan fingerprint density at radius 2 is 1.70 bits per heavy atom. The summed E-state index contributed by atoms with van der Waals surface area (Å²) in [6, 6.07) is 20.8. The molecule has 2 aliphatic rings. The van der Waals surface area contributed by atoms with E-state index in [0.717, 1.165) is 62.6 Å². The van der Waals surface area contributed by atoms with Gasteiger partial charge in [-0.25, -0.2) is 0 Å². The molecule has 1 fully saturated rings. The standard InChI is InChI=1S/C25H27N3O2/c29-25(26-23-7-6-20-3-1-2-4-21(20)16-23)18-28-12-10-27(11-13-28)17-19-5-8-24-22(15-19)9-14-30-24/h1-8,15-16H,9-14,17-18H2,(H,26,29). The summed E-state index contributed by atoms with van der Waals surface area (Å²) in [6.45, 7) is 6.01. The lowest BCUT2D eigenvalue weighted by molar-refractivity contribution is -0.117. The normalized spacial score (nSPS) is 16.9. The zero-order valence-corrected chi connectivity index (χ0v) is 17.1. The van der Waals surface area contributed by atoms with Crippen LogP contribution in [0.25, 0.3) is 10.8 Å². The molecule has 2 heterocycles. The van der Waals surface area contributed by atoms with Gasteiger partial charge in [-0.2, -0.15) is 0 Å². The Kier molecular flexibility index (Phi) is 5.39. The van der Waals surface area contributed by atoms with Crippen LogP contribution in [0.2, 0.25) is 0 Å². The van der Waals surface area contributed by atoms with Gasteiger partial charge in [-0.1, -0.05) is 42.5 Å². The molecule has 0 spiro atoms. The SMILES string of the molecule is O=C(CN1CCN(Cc2ccc3c(c2)CCO3)CC1)Nc1ccc2ccccc2c1. The van der Waals surface area contributed by atoms with E-state index >= 15 is 0 Å². The molecule has 3 aromatic rings. The predicted molar refractivity (Wildman–Crippen MR) is 120 cm³/mol. The van der Waals surface area contributed by atoms with Gasteiger partial charge in [0, 0.05) is 44.8 Å². The number of piperazine rings is 1. The maximum atomic E-state index is 12.5. The number of anilines is 1. The minimum atomic E-state index is 0.0531. The number of hydrogen-bond donors (Lipinski definition) is 1. The van der Waals surface area contributed by atoms with Crippen molar-refractivity contribution >= 4 is 22.4 Å². The number of ether oxygens (including phenoxy) is 1. The lowest BCUT2D eigenvalue weighted by atomic mass is 10.1. The number of carbonyl (C=O) groups is 1. The van der Waals surface area contributed by atoms with E-state index in [1.54, 1.807) is 0 Å². The monoisotopic (exact) mass is 401 g/mol. The Morgan fingerprint density at radius 3 is 2.57 bits per heavy atom. The van der Waals surface area contributed by atoms with E-state index in [4.69, 9.17) is 4.74 Å². The molecule has 0 aromatic heterocycles. The Bertz CT molecular complexity index is 1060.